The fourth-order valence-electron chi connectivity index (χ4n) is 2.62. The van der Waals surface area contributed by atoms with Gasteiger partial charge in [-0.1, -0.05) is 51.2 Å². The third kappa shape index (κ3) is 8.76. The molecule has 0 N–H and O–H groups in total. The summed E-state index contributed by atoms with van der Waals surface area (Å²) in [5.74, 6) is 0.606. The summed E-state index contributed by atoms with van der Waals surface area (Å²) in [5, 5.41) is 0. The van der Waals surface area contributed by atoms with Gasteiger partial charge in [0.15, 0.2) is 0 Å². The molecule has 1 aromatic rings. The maximum atomic E-state index is 11.2. The predicted molar refractivity (Wildman–Crippen MR) is 101 cm³/mol. The minimum absolute atomic E-state index is 0.0474. The lowest BCUT2D eigenvalue weighted by Crippen LogP contribution is -2.03. The molecule has 22 heavy (non-hydrogen) atoms. The van der Waals surface area contributed by atoms with Crippen LogP contribution in [-0.2, 0) is 9.53 Å². The molecule has 0 aromatic heterocycles. The molecule has 0 fully saturated rings. The Morgan fingerprint density at radius 3 is 2.27 bits per heavy atom. The number of hydrogen-bond donors (Lipinski definition) is 0. The molecule has 3 heteroatoms. The summed E-state index contributed by atoms with van der Waals surface area (Å²) in [5.41, 5.74) is 1.45. The number of benzene rings is 1. The molecule has 0 amide bonds. The zero-order valence-electron chi connectivity index (χ0n) is 13.9. The van der Waals surface area contributed by atoms with Gasteiger partial charge in [-0.2, -0.15) is 0 Å². The number of ether oxygens (including phenoxy) is 1. The van der Waals surface area contributed by atoms with E-state index < -0.39 is 0 Å². The molecule has 0 saturated heterocycles. The maximum absolute atomic E-state index is 11.2. The van der Waals surface area contributed by atoms with Gasteiger partial charge in [-0.3, -0.25) is 4.79 Å². The van der Waals surface area contributed by atoms with Crippen LogP contribution in [0, 0.1) is 3.57 Å². The lowest BCUT2D eigenvalue weighted by atomic mass is 9.95. The van der Waals surface area contributed by atoms with Crippen molar-refractivity contribution in [2.75, 3.05) is 6.61 Å². The molecule has 1 aromatic carbocycles. The Bertz CT molecular complexity index is 414. The quantitative estimate of drug-likeness (QED) is 0.248. The van der Waals surface area contributed by atoms with E-state index in [1.54, 1.807) is 0 Å². The van der Waals surface area contributed by atoms with Crippen molar-refractivity contribution in [2.45, 2.75) is 71.1 Å². The summed E-state index contributed by atoms with van der Waals surface area (Å²) in [6.45, 7) is 4.67. The second kappa shape index (κ2) is 11.9. The topological polar surface area (TPSA) is 26.3 Å². The first-order valence-corrected chi connectivity index (χ1v) is 9.62. The molecule has 0 aliphatic heterocycles. The van der Waals surface area contributed by atoms with E-state index in [4.69, 9.17) is 4.74 Å². The smallest absolute Gasteiger partial charge is 0.305 e. The van der Waals surface area contributed by atoms with E-state index in [1.165, 1.54) is 41.2 Å². The van der Waals surface area contributed by atoms with E-state index in [1.807, 2.05) is 6.92 Å². The summed E-state index contributed by atoms with van der Waals surface area (Å²) < 4.78 is 6.23. The Kier molecular flexibility index (Phi) is 10.5. The molecule has 0 aliphatic carbocycles. The Morgan fingerprint density at radius 1 is 1.05 bits per heavy atom. The molecule has 1 atom stereocenters. The number of rotatable bonds is 11. The summed E-state index contributed by atoms with van der Waals surface area (Å²) >= 11 is 2.35. The van der Waals surface area contributed by atoms with Gasteiger partial charge in [0, 0.05) is 9.99 Å². The minimum Gasteiger partial charge on any atom is -0.466 e. The Balaban J connectivity index is 1.99. The lowest BCUT2D eigenvalue weighted by molar-refractivity contribution is -0.143. The van der Waals surface area contributed by atoms with Gasteiger partial charge in [0.2, 0.25) is 0 Å². The molecule has 0 radical (unpaired) electrons. The number of carbonyl (C=O) groups is 1. The first-order chi connectivity index (χ1) is 10.6. The van der Waals surface area contributed by atoms with Crippen molar-refractivity contribution in [3.05, 3.63) is 33.4 Å². The van der Waals surface area contributed by atoms with Crippen LogP contribution in [0.5, 0.6) is 0 Å². The third-order valence-corrected chi connectivity index (χ3v) is 4.73. The van der Waals surface area contributed by atoms with Crippen LogP contribution < -0.4 is 0 Å². The lowest BCUT2D eigenvalue weighted by Gasteiger charge is -2.11. The van der Waals surface area contributed by atoms with Crippen LogP contribution in [-0.4, -0.2) is 12.6 Å². The van der Waals surface area contributed by atoms with Crippen molar-refractivity contribution < 1.29 is 9.53 Å². The molecule has 0 aliphatic rings. The molecule has 0 spiro atoms. The summed E-state index contributed by atoms with van der Waals surface area (Å²) in [7, 11) is 0. The molecule has 1 rings (SSSR count). The number of unbranched alkanes of at least 4 members (excludes halogenated alkanes) is 5. The van der Waals surface area contributed by atoms with Gasteiger partial charge in [-0.05, 0) is 66.0 Å². The number of hydrogen-bond acceptors (Lipinski definition) is 2. The van der Waals surface area contributed by atoms with Crippen LogP contribution in [0.4, 0.5) is 0 Å². The van der Waals surface area contributed by atoms with Gasteiger partial charge in [-0.25, -0.2) is 0 Å². The van der Waals surface area contributed by atoms with Crippen molar-refractivity contribution >= 4 is 28.6 Å². The van der Waals surface area contributed by atoms with E-state index in [0.717, 1.165) is 12.8 Å². The number of halogens is 1. The highest BCUT2D eigenvalue weighted by Crippen LogP contribution is 2.23. The Morgan fingerprint density at radius 2 is 1.64 bits per heavy atom. The van der Waals surface area contributed by atoms with Crippen LogP contribution in [0.2, 0.25) is 0 Å². The van der Waals surface area contributed by atoms with Gasteiger partial charge < -0.3 is 4.74 Å². The van der Waals surface area contributed by atoms with Crippen molar-refractivity contribution in [1.29, 1.82) is 0 Å². The van der Waals surface area contributed by atoms with Gasteiger partial charge in [0.25, 0.3) is 0 Å². The van der Waals surface area contributed by atoms with Crippen LogP contribution in [0.1, 0.15) is 76.7 Å². The normalized spacial score (nSPS) is 12.1. The average molecular weight is 416 g/mol. The molecular weight excluding hydrogens is 387 g/mol. The predicted octanol–water partition coefficient (Wildman–Crippen LogP) is 6.08. The van der Waals surface area contributed by atoms with E-state index in [9.17, 15) is 4.79 Å². The Hall–Kier alpha value is -0.580. The van der Waals surface area contributed by atoms with Crippen molar-refractivity contribution in [3.8, 4) is 0 Å². The second-order valence-corrected chi connectivity index (χ2v) is 7.16. The highest BCUT2D eigenvalue weighted by Gasteiger charge is 2.05. The zero-order valence-corrected chi connectivity index (χ0v) is 16.1. The van der Waals surface area contributed by atoms with Crippen LogP contribution >= 0.6 is 22.6 Å². The minimum atomic E-state index is -0.0474. The number of carbonyl (C=O) groups excluding carboxylic acids is 1. The van der Waals surface area contributed by atoms with Gasteiger partial charge >= 0.3 is 5.97 Å². The van der Waals surface area contributed by atoms with E-state index >= 15 is 0 Å². The van der Waals surface area contributed by atoms with Gasteiger partial charge in [-0.15, -0.1) is 0 Å². The fraction of sp³-hybridized carbons (Fsp3) is 0.632. The van der Waals surface area contributed by atoms with Crippen LogP contribution in [0.25, 0.3) is 0 Å². The molecule has 0 bridgehead atoms. The maximum Gasteiger partial charge on any atom is 0.305 e. The monoisotopic (exact) mass is 416 g/mol. The van der Waals surface area contributed by atoms with Gasteiger partial charge in [0.1, 0.15) is 0 Å². The average Bonchev–Trinajstić information content (AvgIpc) is 2.50. The van der Waals surface area contributed by atoms with Gasteiger partial charge in [0.05, 0.1) is 6.61 Å². The molecule has 0 heterocycles. The van der Waals surface area contributed by atoms with Crippen molar-refractivity contribution in [3.63, 3.8) is 0 Å². The first kappa shape index (κ1) is 19.5. The molecular formula is C19H29IO2. The summed E-state index contributed by atoms with van der Waals surface area (Å²) in [6, 6.07) is 8.88. The third-order valence-electron chi connectivity index (χ3n) is 4.01. The highest BCUT2D eigenvalue weighted by atomic mass is 127. The Labute approximate surface area is 149 Å². The van der Waals surface area contributed by atoms with Crippen LogP contribution in [0.15, 0.2) is 24.3 Å². The van der Waals surface area contributed by atoms with E-state index in [2.05, 4.69) is 53.8 Å². The zero-order chi connectivity index (χ0) is 16.2. The highest BCUT2D eigenvalue weighted by molar-refractivity contribution is 14.1. The van der Waals surface area contributed by atoms with Crippen LogP contribution in [0.3, 0.4) is 0 Å². The number of esters is 1. The summed E-state index contributed by atoms with van der Waals surface area (Å²) in [4.78, 5) is 11.2. The fourth-order valence-corrected chi connectivity index (χ4v) is 2.98. The van der Waals surface area contributed by atoms with E-state index in [0.29, 0.717) is 18.9 Å². The molecule has 2 nitrogen and oxygen atoms in total. The SMILES string of the molecule is CCOC(=O)CCCCCCCC[C@@H](C)c1ccc(I)cc1. The molecule has 0 saturated carbocycles. The van der Waals surface area contributed by atoms with Crippen molar-refractivity contribution in [2.24, 2.45) is 0 Å². The second-order valence-electron chi connectivity index (χ2n) is 5.92. The molecule has 124 valence electrons. The molecule has 0 unspecified atom stereocenters. The standard InChI is InChI=1S/C19H29IO2/c1-3-22-19(21)11-9-7-5-4-6-8-10-16(2)17-12-14-18(20)15-13-17/h12-16H,3-11H2,1-2H3/t16-/m1/s1. The first-order valence-electron chi connectivity index (χ1n) is 8.54. The summed E-state index contributed by atoms with van der Waals surface area (Å²) in [6.07, 6.45) is 9.07. The van der Waals surface area contributed by atoms with E-state index in [-0.39, 0.29) is 5.97 Å². The van der Waals surface area contributed by atoms with Crippen molar-refractivity contribution in [1.82, 2.24) is 0 Å². The largest absolute Gasteiger partial charge is 0.466 e.